The van der Waals surface area contributed by atoms with E-state index in [0.717, 1.165) is 23.3 Å². The Balaban J connectivity index is 0.000000206. The van der Waals surface area contributed by atoms with Gasteiger partial charge in [0.05, 0.1) is 9.85 Å². The van der Waals surface area contributed by atoms with Gasteiger partial charge in [0.1, 0.15) is 0 Å². The number of nitro benzene ring substituents is 1. The molecule has 0 heterocycles. The minimum absolute atomic E-state index is 0.00451. The first-order chi connectivity index (χ1) is 26.5. The van der Waals surface area contributed by atoms with Crippen LogP contribution in [-0.4, -0.2) is 37.2 Å². The second-order valence-corrected chi connectivity index (χ2v) is 20.6. The van der Waals surface area contributed by atoms with Crippen molar-refractivity contribution >= 4 is 39.4 Å². The molecule has 2 aromatic rings. The number of nitro groups is 2. The number of hydrogen-bond donors (Lipinski definition) is 1. The van der Waals surface area contributed by atoms with E-state index in [1.807, 2.05) is 45.9 Å². The van der Waals surface area contributed by atoms with Gasteiger partial charge < -0.3 is 5.32 Å². The number of nitrogens with zero attached hydrogens (tertiary/aromatic N) is 2. The molecule has 0 aromatic heterocycles. The number of nitrogens with one attached hydrogen (secondary N) is 1. The van der Waals surface area contributed by atoms with Crippen molar-refractivity contribution in [3.8, 4) is 0 Å². The van der Waals surface area contributed by atoms with Gasteiger partial charge in [0.2, 0.25) is 0 Å². The van der Waals surface area contributed by atoms with Gasteiger partial charge in [-0.3, -0.25) is 25.0 Å². The Morgan fingerprint density at radius 3 is 1.62 bits per heavy atom. The number of allylic oxidation sites excluding steroid dienone is 4. The first-order valence-electron chi connectivity index (χ1n) is 20.2. The van der Waals surface area contributed by atoms with Crippen molar-refractivity contribution in [2.24, 2.45) is 0 Å². The van der Waals surface area contributed by atoms with Crippen LogP contribution in [0.25, 0.3) is 0 Å². The molecular weight excluding hydrogens is 818 g/mol. The summed E-state index contributed by atoms with van der Waals surface area (Å²) in [6.07, 6.45) is 28.5. The molecule has 0 spiro atoms. The summed E-state index contributed by atoms with van der Waals surface area (Å²) in [7, 11) is 5.96. The molecule has 0 aliphatic heterocycles. The topological polar surface area (TPSA) is 115 Å². The molecule has 0 bridgehead atoms. The van der Waals surface area contributed by atoms with Gasteiger partial charge in [-0.25, -0.2) is 0 Å². The van der Waals surface area contributed by atoms with Crippen LogP contribution in [0.5, 0.6) is 0 Å². The number of anilines is 1. The number of carbonyl (C=O) groups excluding carboxylic acids is 1. The molecule has 3 fully saturated rings. The Bertz CT molecular complexity index is 1620. The first kappa shape index (κ1) is 44.9. The average Bonchev–Trinajstić information content (AvgIpc) is 3.19. The molecule has 2 aromatic carbocycles. The molecule has 3 saturated carbocycles. The zero-order chi connectivity index (χ0) is 39.7. The Labute approximate surface area is 341 Å². The SMILES string of the molecule is C1CCC(P(C2CCCCC2)C2CCCCC2)CC1.CC(C)c1cc([N+](=O)[O-])cc(C(C)C)c1N/C=C1\C=C([N+](=O)[O-])C=CC1=O.[Cl][Ru]=[CH]c1ccccc1. The summed E-state index contributed by atoms with van der Waals surface area (Å²) in [5, 5.41) is 25.3. The summed E-state index contributed by atoms with van der Waals surface area (Å²) in [6, 6.07) is 13.2. The maximum atomic E-state index is 12.0. The molecule has 0 saturated heterocycles. The van der Waals surface area contributed by atoms with Gasteiger partial charge in [0.25, 0.3) is 11.4 Å². The van der Waals surface area contributed by atoms with Gasteiger partial charge >= 0.3 is 65.9 Å². The molecule has 8 nitrogen and oxygen atoms in total. The zero-order valence-corrected chi connectivity index (χ0v) is 36.4. The number of hydrogen-bond acceptors (Lipinski definition) is 6. The molecule has 6 rings (SSSR count). The van der Waals surface area contributed by atoms with E-state index in [2.05, 4.69) is 22.1 Å². The van der Waals surface area contributed by atoms with E-state index in [0.29, 0.717) is 13.6 Å². The molecular formula is C44H60ClN3O5PRu. The van der Waals surface area contributed by atoms with Crippen molar-refractivity contribution in [3.05, 3.63) is 115 Å². The van der Waals surface area contributed by atoms with E-state index in [9.17, 15) is 25.0 Å². The fourth-order valence-corrected chi connectivity index (χ4v) is 14.1. The van der Waals surface area contributed by atoms with Crippen molar-refractivity contribution < 1.29 is 30.3 Å². The second-order valence-electron chi connectivity index (χ2n) is 15.7. The molecule has 0 atom stereocenters. The fourth-order valence-electron chi connectivity index (χ4n) is 8.36. The summed E-state index contributed by atoms with van der Waals surface area (Å²) >= 11 is -0.0765. The summed E-state index contributed by atoms with van der Waals surface area (Å²) < 4.78 is 2.06. The summed E-state index contributed by atoms with van der Waals surface area (Å²) in [6.45, 7) is 7.67. The molecule has 55 heavy (non-hydrogen) atoms. The number of non-ortho nitro benzene ring substituents is 1. The number of ketones is 1. The van der Waals surface area contributed by atoms with Crippen molar-refractivity contribution in [2.45, 2.75) is 153 Å². The van der Waals surface area contributed by atoms with Crippen LogP contribution in [0.15, 0.2) is 78.2 Å². The summed E-state index contributed by atoms with van der Waals surface area (Å²) in [5.41, 5.74) is 6.92. The van der Waals surface area contributed by atoms with Crippen molar-refractivity contribution in [1.82, 2.24) is 0 Å². The van der Waals surface area contributed by atoms with Gasteiger partial charge in [0, 0.05) is 41.7 Å². The van der Waals surface area contributed by atoms with Crippen LogP contribution in [0, 0.1) is 20.2 Å². The quantitative estimate of drug-likeness (QED) is 0.0835. The van der Waals surface area contributed by atoms with Crippen molar-refractivity contribution in [1.29, 1.82) is 0 Å². The third kappa shape index (κ3) is 13.9. The predicted octanol–water partition coefficient (Wildman–Crippen LogP) is 13.0. The van der Waals surface area contributed by atoms with E-state index in [1.54, 1.807) is 77.0 Å². The molecule has 1 N–H and O–H groups in total. The first-order valence-corrected chi connectivity index (χ1v) is 25.0. The van der Waals surface area contributed by atoms with Crippen LogP contribution in [0.1, 0.15) is 153 Å². The summed E-state index contributed by atoms with van der Waals surface area (Å²) in [5.74, 6) is -0.363. The Morgan fingerprint density at radius 2 is 1.22 bits per heavy atom. The Kier molecular flexibility index (Phi) is 19.1. The average molecular weight is 878 g/mol. The van der Waals surface area contributed by atoms with Crippen molar-refractivity contribution in [2.75, 3.05) is 5.32 Å². The Morgan fingerprint density at radius 1 is 0.745 bits per heavy atom. The second kappa shape index (κ2) is 23.4. The van der Waals surface area contributed by atoms with Crippen LogP contribution in [0.2, 0.25) is 0 Å². The normalized spacial score (nSPS) is 19.4. The number of rotatable bonds is 10. The van der Waals surface area contributed by atoms with Gasteiger partial charge in [0.15, 0.2) is 5.78 Å². The van der Waals surface area contributed by atoms with Crippen LogP contribution in [0.3, 0.4) is 0 Å². The monoisotopic (exact) mass is 878 g/mol. The molecule has 0 unspecified atom stereocenters. The van der Waals surface area contributed by atoms with Crippen LogP contribution >= 0.6 is 17.6 Å². The molecule has 301 valence electrons. The van der Waals surface area contributed by atoms with E-state index in [1.165, 1.54) is 66.2 Å². The predicted molar refractivity (Wildman–Crippen MR) is 227 cm³/mol. The van der Waals surface area contributed by atoms with Gasteiger partial charge in [-0.05, 0) is 84.5 Å². The Hall–Kier alpha value is -2.86. The zero-order valence-electron chi connectivity index (χ0n) is 33.0. The third-order valence-corrected chi connectivity index (χ3v) is 16.5. The van der Waals surface area contributed by atoms with Gasteiger partial charge in [-0.15, -0.1) is 0 Å². The fraction of sp³-hybridized carbons (Fsp3) is 0.545. The van der Waals surface area contributed by atoms with Crippen LogP contribution in [0.4, 0.5) is 11.4 Å². The molecule has 0 amide bonds. The minimum atomic E-state index is -0.568. The molecule has 4 aliphatic rings. The van der Waals surface area contributed by atoms with Gasteiger partial charge in [-0.2, -0.15) is 0 Å². The standard InChI is InChI=1S/C19H21N3O5.C18H33P.C7H6.ClH.Ru/c1-11(2)16-8-15(22(26)27)9-17(12(3)4)19(16)20-10-13-7-14(21(24)25)5-6-18(13)23;1-4-10-16(11-5-1)19(17-12-6-2-7-13-17)18-14-8-3-9-15-18;1-7-5-3-2-4-6-7;;/h5-12,20H,1-4H3;16-18H,1-15H2;1-6H;1H;/q;;;;+1/p-1/b13-10+;;;;. The van der Waals surface area contributed by atoms with Gasteiger partial charge in [-0.1, -0.05) is 93.4 Å². The number of carbonyl (C=O) groups is 1. The van der Waals surface area contributed by atoms with Crippen LogP contribution in [-0.2, 0) is 20.5 Å². The van der Waals surface area contributed by atoms with Crippen molar-refractivity contribution in [3.63, 3.8) is 0 Å². The third-order valence-electron chi connectivity index (χ3n) is 11.2. The van der Waals surface area contributed by atoms with E-state index < -0.39 is 9.85 Å². The number of halogens is 1. The maximum absolute atomic E-state index is 12.0. The number of benzene rings is 2. The van der Waals surface area contributed by atoms with E-state index in [4.69, 9.17) is 9.69 Å². The van der Waals surface area contributed by atoms with E-state index in [-0.39, 0.29) is 50.3 Å². The molecule has 11 heteroatoms. The molecule has 4 aliphatic carbocycles. The van der Waals surface area contributed by atoms with E-state index >= 15 is 0 Å². The molecule has 0 radical (unpaired) electrons. The summed E-state index contributed by atoms with van der Waals surface area (Å²) in [4.78, 5) is 33.2. The van der Waals surface area contributed by atoms with Crippen LogP contribution < -0.4 is 5.32 Å².